The average molecular weight is 285 g/mol. The summed E-state index contributed by atoms with van der Waals surface area (Å²) in [6, 6.07) is 3.70. The van der Waals surface area contributed by atoms with Crippen LogP contribution in [0.25, 0.3) is 0 Å². The van der Waals surface area contributed by atoms with E-state index in [1.54, 1.807) is 0 Å². The molecule has 1 unspecified atom stereocenters. The first-order valence-electron chi connectivity index (χ1n) is 4.03. The molecular formula is C9H8BrF3O2. The third-order valence-corrected chi connectivity index (χ3v) is 2.37. The lowest BCUT2D eigenvalue weighted by atomic mass is 10.1. The zero-order chi connectivity index (χ0) is 11.6. The number of benzene rings is 1. The molecule has 1 N–H and O–H groups in total. The fraction of sp³-hybridized carbons (Fsp3) is 0.333. The van der Waals surface area contributed by atoms with Crippen molar-refractivity contribution >= 4 is 15.9 Å². The lowest BCUT2D eigenvalue weighted by molar-refractivity contribution is -0.274. The van der Waals surface area contributed by atoms with Crippen LogP contribution in [-0.4, -0.2) is 11.5 Å². The maximum atomic E-state index is 11.9. The standard InChI is InChI=1S/C9H8BrF3O2/c1-5(14)7-4-6(2-3-8(7)10)15-9(11,12)13/h2-5,14H,1H3. The van der Waals surface area contributed by atoms with Crippen LogP contribution in [0.5, 0.6) is 5.75 Å². The van der Waals surface area contributed by atoms with E-state index in [1.165, 1.54) is 19.1 Å². The molecule has 0 radical (unpaired) electrons. The summed E-state index contributed by atoms with van der Waals surface area (Å²) >= 11 is 3.11. The Kier molecular flexibility index (Phi) is 3.62. The summed E-state index contributed by atoms with van der Waals surface area (Å²) in [5.41, 5.74) is 0.344. The van der Waals surface area contributed by atoms with Crippen LogP contribution in [0.4, 0.5) is 13.2 Å². The molecule has 1 aromatic rings. The Hall–Kier alpha value is -0.750. The Bertz CT molecular complexity index is 350. The van der Waals surface area contributed by atoms with Crippen molar-refractivity contribution in [1.29, 1.82) is 0 Å². The van der Waals surface area contributed by atoms with Gasteiger partial charge in [-0.1, -0.05) is 15.9 Å². The minimum absolute atomic E-state index is 0.344. The minimum Gasteiger partial charge on any atom is -0.406 e. The highest BCUT2D eigenvalue weighted by atomic mass is 79.9. The quantitative estimate of drug-likeness (QED) is 0.902. The van der Waals surface area contributed by atoms with E-state index in [4.69, 9.17) is 0 Å². The van der Waals surface area contributed by atoms with Gasteiger partial charge in [0.25, 0.3) is 0 Å². The molecule has 2 nitrogen and oxygen atoms in total. The van der Waals surface area contributed by atoms with Gasteiger partial charge in [-0.15, -0.1) is 13.2 Å². The Labute approximate surface area is 92.8 Å². The molecule has 0 saturated carbocycles. The van der Waals surface area contributed by atoms with Gasteiger partial charge >= 0.3 is 6.36 Å². The molecule has 0 spiro atoms. The Morgan fingerprint density at radius 3 is 2.47 bits per heavy atom. The van der Waals surface area contributed by atoms with Gasteiger partial charge in [-0.3, -0.25) is 0 Å². The Morgan fingerprint density at radius 1 is 1.40 bits per heavy atom. The summed E-state index contributed by atoms with van der Waals surface area (Å²) in [6.07, 6.45) is -5.58. The second-order valence-electron chi connectivity index (χ2n) is 2.91. The van der Waals surface area contributed by atoms with Gasteiger partial charge in [-0.25, -0.2) is 0 Å². The monoisotopic (exact) mass is 284 g/mol. The van der Waals surface area contributed by atoms with E-state index >= 15 is 0 Å². The Balaban J connectivity index is 2.98. The maximum absolute atomic E-state index is 11.9. The van der Waals surface area contributed by atoms with Crippen molar-refractivity contribution in [2.45, 2.75) is 19.4 Å². The smallest absolute Gasteiger partial charge is 0.406 e. The lowest BCUT2D eigenvalue weighted by Crippen LogP contribution is -2.17. The molecule has 84 valence electrons. The number of hydrogen-bond acceptors (Lipinski definition) is 2. The summed E-state index contributed by atoms with van der Waals surface area (Å²) in [6.45, 7) is 1.46. The molecule has 6 heteroatoms. The number of rotatable bonds is 2. The average Bonchev–Trinajstić information content (AvgIpc) is 2.05. The number of aliphatic hydroxyl groups excluding tert-OH is 1. The highest BCUT2D eigenvalue weighted by Gasteiger charge is 2.31. The lowest BCUT2D eigenvalue weighted by Gasteiger charge is -2.12. The molecule has 0 aromatic heterocycles. The number of alkyl halides is 3. The largest absolute Gasteiger partial charge is 0.573 e. The van der Waals surface area contributed by atoms with E-state index < -0.39 is 12.5 Å². The highest BCUT2D eigenvalue weighted by Crippen LogP contribution is 2.30. The second kappa shape index (κ2) is 4.40. The van der Waals surface area contributed by atoms with Gasteiger partial charge in [-0.05, 0) is 30.7 Å². The van der Waals surface area contributed by atoms with Crippen LogP contribution < -0.4 is 4.74 Å². The van der Waals surface area contributed by atoms with E-state index in [9.17, 15) is 18.3 Å². The number of hydrogen-bond donors (Lipinski definition) is 1. The second-order valence-corrected chi connectivity index (χ2v) is 3.76. The zero-order valence-corrected chi connectivity index (χ0v) is 9.26. The summed E-state index contributed by atoms with van der Waals surface area (Å²) in [5.74, 6) is -0.346. The van der Waals surface area contributed by atoms with Crippen LogP contribution in [0.15, 0.2) is 22.7 Å². The molecule has 1 atom stereocenters. The molecule has 0 saturated heterocycles. The molecule has 0 aliphatic heterocycles. The normalized spacial score (nSPS) is 13.7. The number of ether oxygens (including phenoxy) is 1. The van der Waals surface area contributed by atoms with E-state index in [0.717, 1.165) is 6.07 Å². The Morgan fingerprint density at radius 2 is 2.00 bits per heavy atom. The van der Waals surface area contributed by atoms with Crippen molar-refractivity contribution in [2.24, 2.45) is 0 Å². The van der Waals surface area contributed by atoms with Crippen LogP contribution >= 0.6 is 15.9 Å². The highest BCUT2D eigenvalue weighted by molar-refractivity contribution is 9.10. The van der Waals surface area contributed by atoms with Crippen molar-refractivity contribution in [1.82, 2.24) is 0 Å². The molecule has 15 heavy (non-hydrogen) atoms. The van der Waals surface area contributed by atoms with E-state index in [0.29, 0.717) is 10.0 Å². The molecule has 0 heterocycles. The number of aliphatic hydroxyl groups is 1. The summed E-state index contributed by atoms with van der Waals surface area (Å²) < 4.78 is 39.9. The third-order valence-electron chi connectivity index (χ3n) is 1.65. The van der Waals surface area contributed by atoms with Gasteiger partial charge in [0.1, 0.15) is 5.75 Å². The van der Waals surface area contributed by atoms with Crippen molar-refractivity contribution in [3.8, 4) is 5.75 Å². The number of halogens is 4. The predicted molar refractivity (Wildman–Crippen MR) is 51.5 cm³/mol. The molecule has 1 rings (SSSR count). The van der Waals surface area contributed by atoms with E-state index in [2.05, 4.69) is 20.7 Å². The third kappa shape index (κ3) is 3.71. The SMILES string of the molecule is CC(O)c1cc(OC(F)(F)F)ccc1Br. The van der Waals surface area contributed by atoms with Crippen molar-refractivity contribution in [3.63, 3.8) is 0 Å². The molecule has 0 aliphatic carbocycles. The van der Waals surface area contributed by atoms with Crippen LogP contribution in [0, 0.1) is 0 Å². The van der Waals surface area contributed by atoms with Crippen molar-refractivity contribution < 1.29 is 23.0 Å². The van der Waals surface area contributed by atoms with Gasteiger partial charge in [0.2, 0.25) is 0 Å². The van der Waals surface area contributed by atoms with Gasteiger partial charge in [-0.2, -0.15) is 0 Å². The molecule has 1 aromatic carbocycles. The van der Waals surface area contributed by atoms with Gasteiger partial charge < -0.3 is 9.84 Å². The van der Waals surface area contributed by atoms with Crippen LogP contribution in [0.1, 0.15) is 18.6 Å². The fourth-order valence-electron chi connectivity index (χ4n) is 1.04. The minimum atomic E-state index is -4.72. The van der Waals surface area contributed by atoms with Crippen LogP contribution in [-0.2, 0) is 0 Å². The topological polar surface area (TPSA) is 29.5 Å². The zero-order valence-electron chi connectivity index (χ0n) is 7.68. The van der Waals surface area contributed by atoms with Crippen molar-refractivity contribution in [3.05, 3.63) is 28.2 Å². The van der Waals surface area contributed by atoms with E-state index in [1.807, 2.05) is 0 Å². The molecule has 0 amide bonds. The molecule has 0 aliphatic rings. The van der Waals surface area contributed by atoms with Gasteiger partial charge in [0.15, 0.2) is 0 Å². The first kappa shape index (κ1) is 12.3. The van der Waals surface area contributed by atoms with Gasteiger partial charge in [0.05, 0.1) is 6.10 Å². The first-order chi connectivity index (χ1) is 6.79. The van der Waals surface area contributed by atoms with Gasteiger partial charge in [0, 0.05) is 4.47 Å². The first-order valence-corrected chi connectivity index (χ1v) is 4.82. The van der Waals surface area contributed by atoms with Crippen molar-refractivity contribution in [2.75, 3.05) is 0 Å². The van der Waals surface area contributed by atoms with Crippen LogP contribution in [0.2, 0.25) is 0 Å². The summed E-state index contributed by atoms with van der Waals surface area (Å²) in [5, 5.41) is 9.26. The summed E-state index contributed by atoms with van der Waals surface area (Å²) in [7, 11) is 0. The summed E-state index contributed by atoms with van der Waals surface area (Å²) in [4.78, 5) is 0. The molecule has 0 bridgehead atoms. The predicted octanol–water partition coefficient (Wildman–Crippen LogP) is 3.40. The molecular weight excluding hydrogens is 277 g/mol. The van der Waals surface area contributed by atoms with E-state index in [-0.39, 0.29) is 5.75 Å². The fourth-order valence-corrected chi connectivity index (χ4v) is 1.62. The molecule has 0 fully saturated rings. The van der Waals surface area contributed by atoms with Crippen LogP contribution in [0.3, 0.4) is 0 Å². The maximum Gasteiger partial charge on any atom is 0.573 e.